The van der Waals surface area contributed by atoms with Crippen LogP contribution in [0.1, 0.15) is 31.9 Å². The number of ether oxygens (including phenoxy) is 4. The van der Waals surface area contributed by atoms with Gasteiger partial charge in [0.2, 0.25) is 0 Å². The minimum absolute atomic E-state index is 0.141. The molecule has 2 heterocycles. The second kappa shape index (κ2) is 6.82. The van der Waals surface area contributed by atoms with Crippen molar-refractivity contribution in [1.29, 1.82) is 0 Å². The van der Waals surface area contributed by atoms with Crippen molar-refractivity contribution in [1.82, 2.24) is 5.32 Å². The SMILES string of the molecule is CCOc1cccc2c1O[C@@]1(C)C[C@H]2NC(=O)N1c1ccc(OC)c(OC)c1. The quantitative estimate of drug-likeness (QED) is 0.847. The molecule has 0 unspecified atom stereocenters. The molecule has 1 fully saturated rings. The maximum Gasteiger partial charge on any atom is 0.325 e. The van der Waals surface area contributed by atoms with Gasteiger partial charge in [-0.05, 0) is 32.0 Å². The monoisotopic (exact) mass is 384 g/mol. The number of benzene rings is 2. The van der Waals surface area contributed by atoms with Gasteiger partial charge in [-0.15, -0.1) is 0 Å². The Bertz CT molecular complexity index is 916. The lowest BCUT2D eigenvalue weighted by molar-refractivity contribution is 0.0343. The van der Waals surface area contributed by atoms with E-state index in [2.05, 4.69) is 5.32 Å². The van der Waals surface area contributed by atoms with Crippen LogP contribution in [0.4, 0.5) is 10.5 Å². The molecule has 4 rings (SSSR count). The molecule has 2 aromatic carbocycles. The summed E-state index contributed by atoms with van der Waals surface area (Å²) in [4.78, 5) is 14.6. The number of carbonyl (C=O) groups is 1. The van der Waals surface area contributed by atoms with Crippen LogP contribution in [-0.4, -0.2) is 32.6 Å². The number of para-hydroxylation sites is 1. The average Bonchev–Trinajstić information content (AvgIpc) is 2.68. The summed E-state index contributed by atoms with van der Waals surface area (Å²) in [5.74, 6) is 2.50. The molecule has 0 radical (unpaired) electrons. The lowest BCUT2D eigenvalue weighted by Crippen LogP contribution is -2.65. The van der Waals surface area contributed by atoms with E-state index in [1.165, 1.54) is 0 Å². The molecular weight excluding hydrogens is 360 g/mol. The summed E-state index contributed by atoms with van der Waals surface area (Å²) >= 11 is 0. The highest BCUT2D eigenvalue weighted by molar-refractivity contribution is 5.95. The zero-order valence-electron chi connectivity index (χ0n) is 16.4. The molecule has 2 amide bonds. The number of rotatable bonds is 5. The molecule has 2 aliphatic heterocycles. The first-order chi connectivity index (χ1) is 13.5. The first kappa shape index (κ1) is 18.3. The van der Waals surface area contributed by atoms with Gasteiger partial charge in [-0.3, -0.25) is 4.90 Å². The third-order valence-electron chi connectivity index (χ3n) is 5.19. The summed E-state index contributed by atoms with van der Waals surface area (Å²) in [6, 6.07) is 10.8. The van der Waals surface area contributed by atoms with Crippen molar-refractivity contribution in [3.63, 3.8) is 0 Å². The van der Waals surface area contributed by atoms with Crippen molar-refractivity contribution in [2.75, 3.05) is 25.7 Å². The summed E-state index contributed by atoms with van der Waals surface area (Å²) in [5.41, 5.74) is 0.726. The van der Waals surface area contributed by atoms with Gasteiger partial charge in [-0.1, -0.05) is 12.1 Å². The van der Waals surface area contributed by atoms with Crippen molar-refractivity contribution >= 4 is 11.7 Å². The van der Waals surface area contributed by atoms with Crippen LogP contribution in [0.25, 0.3) is 0 Å². The van der Waals surface area contributed by atoms with Gasteiger partial charge in [0.15, 0.2) is 28.7 Å². The lowest BCUT2D eigenvalue weighted by atomic mass is 9.90. The average molecular weight is 384 g/mol. The zero-order valence-corrected chi connectivity index (χ0v) is 16.4. The van der Waals surface area contributed by atoms with Crippen molar-refractivity contribution in [2.45, 2.75) is 32.0 Å². The second-order valence-electron chi connectivity index (χ2n) is 6.97. The summed E-state index contributed by atoms with van der Waals surface area (Å²) in [7, 11) is 3.14. The molecule has 2 aliphatic rings. The van der Waals surface area contributed by atoms with Crippen molar-refractivity contribution < 1.29 is 23.7 Å². The normalized spacial score (nSPS) is 22.6. The Labute approximate surface area is 164 Å². The highest BCUT2D eigenvalue weighted by atomic mass is 16.5. The van der Waals surface area contributed by atoms with Gasteiger partial charge in [0.1, 0.15) is 0 Å². The van der Waals surface area contributed by atoms with Crippen LogP contribution >= 0.6 is 0 Å². The number of hydrogen-bond donors (Lipinski definition) is 1. The summed E-state index contributed by atoms with van der Waals surface area (Å²) in [5, 5.41) is 3.09. The van der Waals surface area contributed by atoms with Crippen LogP contribution in [0.15, 0.2) is 36.4 Å². The Kier molecular flexibility index (Phi) is 4.45. The predicted octanol–water partition coefficient (Wildman–Crippen LogP) is 3.87. The Morgan fingerprint density at radius 2 is 1.96 bits per heavy atom. The van der Waals surface area contributed by atoms with Gasteiger partial charge >= 0.3 is 6.03 Å². The van der Waals surface area contributed by atoms with Crippen molar-refractivity contribution in [3.8, 4) is 23.0 Å². The number of anilines is 1. The smallest absolute Gasteiger partial charge is 0.325 e. The molecule has 0 aliphatic carbocycles. The van der Waals surface area contributed by atoms with Crippen molar-refractivity contribution in [3.05, 3.63) is 42.0 Å². The third-order valence-corrected chi connectivity index (χ3v) is 5.19. The van der Waals surface area contributed by atoms with E-state index >= 15 is 0 Å². The van der Waals surface area contributed by atoms with E-state index in [4.69, 9.17) is 18.9 Å². The molecule has 1 saturated heterocycles. The maximum atomic E-state index is 13.0. The molecule has 2 bridgehead atoms. The Morgan fingerprint density at radius 3 is 2.68 bits per heavy atom. The molecule has 1 N–H and O–H groups in total. The fourth-order valence-electron chi connectivity index (χ4n) is 3.98. The summed E-state index contributed by atoms with van der Waals surface area (Å²) in [6.45, 7) is 4.39. The number of fused-ring (bicyclic) bond motifs is 4. The van der Waals surface area contributed by atoms with Crippen LogP contribution < -0.4 is 29.2 Å². The van der Waals surface area contributed by atoms with E-state index in [1.54, 1.807) is 31.3 Å². The van der Waals surface area contributed by atoms with E-state index in [-0.39, 0.29) is 12.1 Å². The minimum Gasteiger partial charge on any atom is -0.493 e. The molecular formula is C21H24N2O5. The molecule has 28 heavy (non-hydrogen) atoms. The molecule has 0 aromatic heterocycles. The van der Waals surface area contributed by atoms with Gasteiger partial charge in [-0.2, -0.15) is 0 Å². The summed E-state index contributed by atoms with van der Waals surface area (Å²) < 4.78 is 22.9. The fraction of sp³-hybridized carbons (Fsp3) is 0.381. The van der Waals surface area contributed by atoms with E-state index < -0.39 is 5.72 Å². The van der Waals surface area contributed by atoms with Gasteiger partial charge in [-0.25, -0.2) is 4.79 Å². The zero-order chi connectivity index (χ0) is 19.9. The highest BCUT2D eigenvalue weighted by Crippen LogP contribution is 2.49. The van der Waals surface area contributed by atoms with Crippen LogP contribution in [-0.2, 0) is 0 Å². The topological polar surface area (TPSA) is 69.3 Å². The Morgan fingerprint density at radius 1 is 1.18 bits per heavy atom. The predicted molar refractivity (Wildman–Crippen MR) is 105 cm³/mol. The van der Waals surface area contributed by atoms with Gasteiger partial charge in [0.25, 0.3) is 0 Å². The first-order valence-electron chi connectivity index (χ1n) is 9.28. The number of carbonyl (C=O) groups excluding carboxylic acids is 1. The number of urea groups is 1. The molecule has 0 spiro atoms. The maximum absolute atomic E-state index is 13.0. The number of amides is 2. The lowest BCUT2D eigenvalue weighted by Gasteiger charge is -2.50. The Hall–Kier alpha value is -3.09. The summed E-state index contributed by atoms with van der Waals surface area (Å²) in [6.07, 6.45) is 0.607. The molecule has 148 valence electrons. The van der Waals surface area contributed by atoms with Crippen LogP contribution in [0.5, 0.6) is 23.0 Å². The first-order valence-corrected chi connectivity index (χ1v) is 9.28. The largest absolute Gasteiger partial charge is 0.493 e. The van der Waals surface area contributed by atoms with Gasteiger partial charge in [0, 0.05) is 18.1 Å². The number of hydrogen-bond acceptors (Lipinski definition) is 5. The number of methoxy groups -OCH3 is 2. The number of nitrogens with one attached hydrogen (secondary N) is 1. The standard InChI is InChI=1S/C21H24N2O5/c1-5-27-17-8-6-7-14-15-12-21(2,28-19(14)17)23(20(24)22-15)13-9-10-16(25-3)18(11-13)26-4/h6-11,15H,5,12H2,1-4H3,(H,22,24)/t15-,21+/m1/s1. The molecule has 7 nitrogen and oxygen atoms in total. The highest BCUT2D eigenvalue weighted by Gasteiger charge is 2.50. The van der Waals surface area contributed by atoms with Crippen LogP contribution in [0.2, 0.25) is 0 Å². The van der Waals surface area contributed by atoms with E-state index in [1.807, 2.05) is 38.1 Å². The Balaban J connectivity index is 1.78. The van der Waals surface area contributed by atoms with E-state index in [0.29, 0.717) is 41.7 Å². The number of nitrogens with zero attached hydrogens (tertiary/aromatic N) is 1. The van der Waals surface area contributed by atoms with E-state index in [0.717, 1.165) is 5.56 Å². The van der Waals surface area contributed by atoms with Crippen LogP contribution in [0.3, 0.4) is 0 Å². The van der Waals surface area contributed by atoms with Crippen LogP contribution in [0, 0.1) is 0 Å². The van der Waals surface area contributed by atoms with E-state index in [9.17, 15) is 4.79 Å². The van der Waals surface area contributed by atoms with Gasteiger partial charge in [0.05, 0.1) is 32.6 Å². The third kappa shape index (κ3) is 2.78. The molecule has 0 saturated carbocycles. The van der Waals surface area contributed by atoms with Gasteiger partial charge < -0.3 is 24.3 Å². The molecule has 2 atom stereocenters. The van der Waals surface area contributed by atoms with Crippen molar-refractivity contribution in [2.24, 2.45) is 0 Å². The molecule has 2 aromatic rings. The minimum atomic E-state index is -0.868. The fourth-order valence-corrected chi connectivity index (χ4v) is 3.98. The second-order valence-corrected chi connectivity index (χ2v) is 6.97. The molecule has 7 heteroatoms.